The minimum atomic E-state index is 0.108. The number of amides is 1. The van der Waals surface area contributed by atoms with E-state index in [2.05, 4.69) is 56.2 Å². The fourth-order valence-corrected chi connectivity index (χ4v) is 4.58. The van der Waals surface area contributed by atoms with Crippen LogP contribution < -0.4 is 5.32 Å². The number of unbranched alkanes of at least 4 members (excludes halogenated alkanes) is 2. The van der Waals surface area contributed by atoms with Gasteiger partial charge in [0.25, 0.3) is 5.22 Å². The van der Waals surface area contributed by atoms with Gasteiger partial charge in [-0.2, -0.15) is 0 Å². The second-order valence-corrected chi connectivity index (χ2v) is 9.78. The van der Waals surface area contributed by atoms with E-state index in [-0.39, 0.29) is 5.91 Å². The van der Waals surface area contributed by atoms with Gasteiger partial charge in [-0.25, -0.2) is 4.98 Å². The van der Waals surface area contributed by atoms with Crippen molar-refractivity contribution in [2.24, 2.45) is 0 Å². The van der Waals surface area contributed by atoms with E-state index >= 15 is 0 Å². The lowest BCUT2D eigenvalue weighted by Crippen LogP contribution is -2.15. The summed E-state index contributed by atoms with van der Waals surface area (Å²) in [5, 5.41) is 3.94. The molecule has 0 saturated heterocycles. The SMILES string of the molecule is Cc1cccc2oc(SCCCCCC(=O)Nc3c(C(C)C)cccc3C(C)C)nc12. The lowest BCUT2D eigenvalue weighted by Gasteiger charge is -2.20. The van der Waals surface area contributed by atoms with Crippen LogP contribution in [0.5, 0.6) is 0 Å². The van der Waals surface area contributed by atoms with Crippen LogP contribution in [0.3, 0.4) is 0 Å². The molecule has 5 heteroatoms. The van der Waals surface area contributed by atoms with E-state index in [9.17, 15) is 4.79 Å². The topological polar surface area (TPSA) is 55.1 Å². The van der Waals surface area contributed by atoms with E-state index in [1.807, 2.05) is 25.1 Å². The zero-order valence-corrected chi connectivity index (χ0v) is 20.1. The number of carbonyl (C=O) groups excluding carboxylic acids is 1. The Kier molecular flexibility index (Phi) is 8.19. The fourth-order valence-electron chi connectivity index (χ4n) is 3.75. The largest absolute Gasteiger partial charge is 0.431 e. The summed E-state index contributed by atoms with van der Waals surface area (Å²) in [6.45, 7) is 10.7. The van der Waals surface area contributed by atoms with Crippen molar-refractivity contribution in [3.05, 3.63) is 53.1 Å². The number of carbonyl (C=O) groups is 1. The predicted octanol–water partition coefficient (Wildman–Crippen LogP) is 7.67. The Morgan fingerprint density at radius 3 is 2.32 bits per heavy atom. The molecule has 3 aromatic rings. The first-order valence-corrected chi connectivity index (χ1v) is 12.3. The van der Waals surface area contributed by atoms with Gasteiger partial charge in [-0.3, -0.25) is 4.79 Å². The number of thioether (sulfide) groups is 1. The quantitative estimate of drug-likeness (QED) is 0.260. The first-order valence-electron chi connectivity index (χ1n) is 11.3. The number of oxazole rings is 1. The number of benzene rings is 2. The Balaban J connectivity index is 1.44. The highest BCUT2D eigenvalue weighted by molar-refractivity contribution is 7.99. The highest BCUT2D eigenvalue weighted by Gasteiger charge is 2.15. The molecule has 1 heterocycles. The molecule has 1 aromatic heterocycles. The predicted molar refractivity (Wildman–Crippen MR) is 131 cm³/mol. The van der Waals surface area contributed by atoms with Gasteiger partial charge in [0, 0.05) is 17.9 Å². The van der Waals surface area contributed by atoms with E-state index in [4.69, 9.17) is 4.42 Å². The van der Waals surface area contributed by atoms with Gasteiger partial charge in [0.1, 0.15) is 5.52 Å². The summed E-state index contributed by atoms with van der Waals surface area (Å²) in [5.74, 6) is 1.81. The Hall–Kier alpha value is -2.27. The monoisotopic (exact) mass is 438 g/mol. The maximum Gasteiger partial charge on any atom is 0.256 e. The summed E-state index contributed by atoms with van der Waals surface area (Å²) < 4.78 is 5.81. The number of nitrogens with one attached hydrogen (secondary N) is 1. The van der Waals surface area contributed by atoms with Crippen LogP contribution in [0.2, 0.25) is 0 Å². The fraction of sp³-hybridized carbons (Fsp3) is 0.462. The maximum absolute atomic E-state index is 12.6. The Bertz CT molecular complexity index is 997. The van der Waals surface area contributed by atoms with E-state index < -0.39 is 0 Å². The third kappa shape index (κ3) is 6.13. The van der Waals surface area contributed by atoms with Crippen molar-refractivity contribution < 1.29 is 9.21 Å². The number of para-hydroxylation sites is 2. The molecule has 1 N–H and O–H groups in total. The average molecular weight is 439 g/mol. The van der Waals surface area contributed by atoms with E-state index in [1.54, 1.807) is 11.8 Å². The summed E-state index contributed by atoms with van der Waals surface area (Å²) >= 11 is 1.65. The van der Waals surface area contributed by atoms with Crippen LogP contribution in [-0.2, 0) is 4.79 Å². The van der Waals surface area contributed by atoms with Crippen molar-refractivity contribution in [1.29, 1.82) is 0 Å². The zero-order valence-electron chi connectivity index (χ0n) is 19.3. The van der Waals surface area contributed by atoms with Crippen LogP contribution in [-0.4, -0.2) is 16.6 Å². The molecule has 0 aliphatic carbocycles. The van der Waals surface area contributed by atoms with Crippen LogP contribution in [0.15, 0.2) is 46.0 Å². The Morgan fingerprint density at radius 2 is 1.68 bits per heavy atom. The van der Waals surface area contributed by atoms with Gasteiger partial charge in [0.2, 0.25) is 5.91 Å². The number of hydrogen-bond acceptors (Lipinski definition) is 4. The first kappa shape index (κ1) is 23.4. The smallest absolute Gasteiger partial charge is 0.256 e. The second-order valence-electron chi connectivity index (χ2n) is 8.73. The van der Waals surface area contributed by atoms with Gasteiger partial charge in [-0.05, 0) is 54.4 Å². The van der Waals surface area contributed by atoms with Gasteiger partial charge in [0.15, 0.2) is 5.58 Å². The Morgan fingerprint density at radius 1 is 1.00 bits per heavy atom. The van der Waals surface area contributed by atoms with Crippen molar-refractivity contribution in [2.75, 3.05) is 11.1 Å². The zero-order chi connectivity index (χ0) is 22.4. The van der Waals surface area contributed by atoms with E-state index in [0.717, 1.165) is 52.6 Å². The summed E-state index contributed by atoms with van der Waals surface area (Å²) in [6, 6.07) is 12.3. The highest BCUT2D eigenvalue weighted by atomic mass is 32.2. The van der Waals surface area contributed by atoms with Crippen LogP contribution in [0.25, 0.3) is 11.1 Å². The minimum absolute atomic E-state index is 0.108. The molecule has 0 spiro atoms. The number of fused-ring (bicyclic) bond motifs is 1. The highest BCUT2D eigenvalue weighted by Crippen LogP contribution is 2.32. The first-order chi connectivity index (χ1) is 14.9. The number of rotatable bonds is 10. The number of aromatic nitrogens is 1. The van der Waals surface area contributed by atoms with E-state index in [1.165, 1.54) is 11.1 Å². The second kappa shape index (κ2) is 10.9. The average Bonchev–Trinajstić information content (AvgIpc) is 3.14. The molecule has 0 aliphatic heterocycles. The van der Waals surface area contributed by atoms with Gasteiger partial charge < -0.3 is 9.73 Å². The van der Waals surface area contributed by atoms with Crippen molar-refractivity contribution in [3.63, 3.8) is 0 Å². The molecular formula is C26H34N2O2S. The van der Waals surface area contributed by atoms with Gasteiger partial charge >= 0.3 is 0 Å². The molecule has 2 aromatic carbocycles. The van der Waals surface area contributed by atoms with Gasteiger partial charge in [0.05, 0.1) is 0 Å². The molecule has 166 valence electrons. The summed E-state index contributed by atoms with van der Waals surface area (Å²) in [4.78, 5) is 17.2. The van der Waals surface area contributed by atoms with E-state index in [0.29, 0.717) is 18.3 Å². The third-order valence-corrected chi connectivity index (χ3v) is 6.43. The van der Waals surface area contributed by atoms with Crippen LogP contribution in [0, 0.1) is 6.92 Å². The number of hydrogen-bond donors (Lipinski definition) is 1. The van der Waals surface area contributed by atoms with Crippen LogP contribution in [0.1, 0.15) is 81.9 Å². The molecule has 31 heavy (non-hydrogen) atoms. The Labute approximate surface area is 190 Å². The molecule has 1 amide bonds. The van der Waals surface area contributed by atoms with Crippen molar-refractivity contribution in [3.8, 4) is 0 Å². The normalized spacial score (nSPS) is 11.6. The molecule has 3 rings (SSSR count). The molecule has 0 saturated carbocycles. The van der Waals surface area contributed by atoms with Crippen molar-refractivity contribution in [2.45, 2.75) is 77.4 Å². The molecule has 0 aliphatic rings. The van der Waals surface area contributed by atoms with Crippen LogP contribution >= 0.6 is 11.8 Å². The molecular weight excluding hydrogens is 404 g/mol. The lowest BCUT2D eigenvalue weighted by molar-refractivity contribution is -0.116. The molecule has 0 radical (unpaired) electrons. The summed E-state index contributed by atoms with van der Waals surface area (Å²) in [7, 11) is 0. The van der Waals surface area contributed by atoms with Crippen LogP contribution in [0.4, 0.5) is 5.69 Å². The maximum atomic E-state index is 12.6. The number of aryl methyl sites for hydroxylation is 1. The number of anilines is 1. The summed E-state index contributed by atoms with van der Waals surface area (Å²) in [5.41, 5.74) is 6.37. The minimum Gasteiger partial charge on any atom is -0.431 e. The molecule has 0 bridgehead atoms. The standard InChI is InChI=1S/C26H34N2O2S/c1-17(2)20-12-10-13-21(18(3)4)25(20)27-23(29)15-7-6-8-16-31-26-28-24-19(5)11-9-14-22(24)30-26/h9-14,17-18H,6-8,15-16H2,1-5H3,(H,27,29). The third-order valence-electron chi connectivity index (χ3n) is 5.51. The van der Waals surface area contributed by atoms with Crippen molar-refractivity contribution >= 4 is 34.5 Å². The molecule has 0 unspecified atom stereocenters. The van der Waals surface area contributed by atoms with Crippen molar-refractivity contribution in [1.82, 2.24) is 4.98 Å². The molecule has 4 nitrogen and oxygen atoms in total. The van der Waals surface area contributed by atoms with Gasteiger partial charge in [-0.15, -0.1) is 0 Å². The van der Waals surface area contributed by atoms with Gasteiger partial charge in [-0.1, -0.05) is 76.2 Å². The lowest BCUT2D eigenvalue weighted by atomic mass is 9.92. The molecule has 0 fully saturated rings. The summed E-state index contributed by atoms with van der Waals surface area (Å²) in [6.07, 6.45) is 3.49. The number of nitrogens with zero attached hydrogens (tertiary/aromatic N) is 1. The molecule has 0 atom stereocenters.